The second-order valence-electron chi connectivity index (χ2n) is 4.35. The quantitative estimate of drug-likeness (QED) is 0.836. The molecule has 0 atom stereocenters. The van der Waals surface area contributed by atoms with Crippen LogP contribution in [0, 0.1) is 0 Å². The van der Waals surface area contributed by atoms with Crippen LogP contribution in [0.4, 0.5) is 5.82 Å². The van der Waals surface area contributed by atoms with Crippen LogP contribution in [0.3, 0.4) is 0 Å². The summed E-state index contributed by atoms with van der Waals surface area (Å²) >= 11 is 0. The van der Waals surface area contributed by atoms with E-state index in [0.717, 1.165) is 11.3 Å². The number of nitrogen functional groups attached to an aromatic ring is 1. The highest BCUT2D eigenvalue weighted by molar-refractivity contribution is 7.89. The second-order valence-corrected chi connectivity index (χ2v) is 6.08. The lowest BCUT2D eigenvalue weighted by molar-refractivity contribution is 0.409. The molecule has 21 heavy (non-hydrogen) atoms. The third-order valence-electron chi connectivity index (χ3n) is 2.97. The average Bonchev–Trinajstić information content (AvgIpc) is 2.48. The Balaban J connectivity index is 2.05. The number of hydrogen-bond acceptors (Lipinski definition) is 5. The molecule has 0 bridgehead atoms. The molecule has 112 valence electrons. The average molecular weight is 307 g/mol. The Labute approximate surface area is 124 Å². The first-order chi connectivity index (χ1) is 10.0. The summed E-state index contributed by atoms with van der Waals surface area (Å²) in [6.45, 7) is 0.247. The predicted molar refractivity (Wildman–Crippen MR) is 80.5 cm³/mol. The summed E-state index contributed by atoms with van der Waals surface area (Å²) in [5, 5.41) is 0. The molecule has 0 radical (unpaired) electrons. The fourth-order valence-corrected chi connectivity index (χ4v) is 3.05. The maximum Gasteiger partial charge on any atom is 0.244 e. The van der Waals surface area contributed by atoms with Crippen molar-refractivity contribution in [2.45, 2.75) is 11.3 Å². The van der Waals surface area contributed by atoms with Gasteiger partial charge in [-0.2, -0.15) is 0 Å². The van der Waals surface area contributed by atoms with Gasteiger partial charge in [0.05, 0.1) is 7.11 Å². The Hall–Kier alpha value is -2.12. The van der Waals surface area contributed by atoms with Crippen LogP contribution in [0.1, 0.15) is 5.56 Å². The molecule has 3 N–H and O–H groups in total. The highest BCUT2D eigenvalue weighted by Gasteiger charge is 2.17. The van der Waals surface area contributed by atoms with E-state index in [1.807, 2.05) is 24.3 Å². The molecule has 1 heterocycles. The van der Waals surface area contributed by atoms with Gasteiger partial charge in [-0.15, -0.1) is 0 Å². The number of anilines is 1. The molecule has 0 spiro atoms. The molecular weight excluding hydrogens is 290 g/mol. The fraction of sp³-hybridized carbons (Fsp3) is 0.214. The van der Waals surface area contributed by atoms with Gasteiger partial charge in [0, 0.05) is 12.7 Å². The van der Waals surface area contributed by atoms with E-state index in [4.69, 9.17) is 10.5 Å². The summed E-state index contributed by atoms with van der Waals surface area (Å²) in [5.41, 5.74) is 6.52. The summed E-state index contributed by atoms with van der Waals surface area (Å²) in [5.74, 6) is 0.722. The molecule has 0 amide bonds. The van der Waals surface area contributed by atoms with Gasteiger partial charge in [0.15, 0.2) is 0 Å². The molecule has 2 rings (SSSR count). The number of sulfonamides is 1. The van der Waals surface area contributed by atoms with Crippen molar-refractivity contribution in [3.8, 4) is 5.75 Å². The van der Waals surface area contributed by atoms with Gasteiger partial charge in [-0.05, 0) is 30.2 Å². The first-order valence-corrected chi connectivity index (χ1v) is 7.85. The number of ether oxygens (including phenoxy) is 1. The van der Waals surface area contributed by atoms with Gasteiger partial charge in [0.25, 0.3) is 0 Å². The molecule has 0 saturated carbocycles. The van der Waals surface area contributed by atoms with E-state index in [1.165, 1.54) is 18.3 Å². The summed E-state index contributed by atoms with van der Waals surface area (Å²) in [7, 11) is -2.08. The predicted octanol–water partition coefficient (Wildman–Crippen LogP) is 1.19. The zero-order chi connectivity index (χ0) is 15.3. The molecule has 1 aromatic carbocycles. The van der Waals surface area contributed by atoms with Gasteiger partial charge in [-0.3, -0.25) is 0 Å². The summed E-state index contributed by atoms with van der Waals surface area (Å²) in [6.07, 6.45) is 1.96. The number of nitrogens with zero attached hydrogens (tertiary/aromatic N) is 1. The van der Waals surface area contributed by atoms with Crippen molar-refractivity contribution in [3.05, 3.63) is 48.2 Å². The second kappa shape index (κ2) is 6.55. The number of nitrogens with one attached hydrogen (secondary N) is 1. The zero-order valence-electron chi connectivity index (χ0n) is 11.6. The maximum absolute atomic E-state index is 12.1. The lowest BCUT2D eigenvalue weighted by Crippen LogP contribution is -2.27. The van der Waals surface area contributed by atoms with Crippen molar-refractivity contribution in [2.24, 2.45) is 0 Å². The monoisotopic (exact) mass is 307 g/mol. The number of methoxy groups -OCH3 is 1. The molecule has 0 saturated heterocycles. The summed E-state index contributed by atoms with van der Waals surface area (Å²) in [4.78, 5) is 3.77. The lowest BCUT2D eigenvalue weighted by atomic mass is 10.1. The summed E-state index contributed by atoms with van der Waals surface area (Å²) < 4.78 is 32.0. The lowest BCUT2D eigenvalue weighted by Gasteiger charge is -2.10. The Morgan fingerprint density at radius 2 is 2.00 bits per heavy atom. The van der Waals surface area contributed by atoms with Crippen LogP contribution in [0.5, 0.6) is 5.75 Å². The van der Waals surface area contributed by atoms with Gasteiger partial charge in [-0.25, -0.2) is 18.1 Å². The van der Waals surface area contributed by atoms with Crippen LogP contribution in [0.25, 0.3) is 0 Å². The number of para-hydroxylation sites is 1. The molecular formula is C14H17N3O3S. The smallest absolute Gasteiger partial charge is 0.244 e. The Kier molecular flexibility index (Phi) is 4.77. The van der Waals surface area contributed by atoms with Gasteiger partial charge in [0.2, 0.25) is 10.0 Å². The number of pyridine rings is 1. The molecule has 0 fully saturated rings. The summed E-state index contributed by atoms with van der Waals surface area (Å²) in [6, 6.07) is 10.4. The Morgan fingerprint density at radius 3 is 2.71 bits per heavy atom. The van der Waals surface area contributed by atoms with Crippen LogP contribution in [0.2, 0.25) is 0 Å². The van der Waals surface area contributed by atoms with Crippen molar-refractivity contribution in [1.82, 2.24) is 9.71 Å². The number of rotatable bonds is 6. The minimum Gasteiger partial charge on any atom is -0.496 e. The molecule has 6 nitrogen and oxygen atoms in total. The molecule has 0 aliphatic heterocycles. The minimum absolute atomic E-state index is 0.00923. The SMILES string of the molecule is COc1ccccc1CCNS(=O)(=O)c1cccnc1N. The van der Waals surface area contributed by atoms with Crippen molar-refractivity contribution in [2.75, 3.05) is 19.4 Å². The van der Waals surface area contributed by atoms with Crippen LogP contribution < -0.4 is 15.2 Å². The fourth-order valence-electron chi connectivity index (χ4n) is 1.94. The number of aromatic nitrogens is 1. The van der Waals surface area contributed by atoms with E-state index in [1.54, 1.807) is 7.11 Å². The van der Waals surface area contributed by atoms with E-state index in [9.17, 15) is 8.42 Å². The number of hydrogen-bond donors (Lipinski definition) is 2. The minimum atomic E-state index is -3.66. The van der Waals surface area contributed by atoms with Crippen LogP contribution in [-0.4, -0.2) is 27.1 Å². The van der Waals surface area contributed by atoms with E-state index >= 15 is 0 Å². The third kappa shape index (κ3) is 3.71. The van der Waals surface area contributed by atoms with E-state index < -0.39 is 10.0 Å². The molecule has 0 aliphatic rings. The highest BCUT2D eigenvalue weighted by atomic mass is 32.2. The van der Waals surface area contributed by atoms with Crippen molar-refractivity contribution in [1.29, 1.82) is 0 Å². The third-order valence-corrected chi connectivity index (χ3v) is 4.48. The van der Waals surface area contributed by atoms with E-state index in [-0.39, 0.29) is 17.3 Å². The normalized spacial score (nSPS) is 11.3. The van der Waals surface area contributed by atoms with E-state index in [2.05, 4.69) is 9.71 Å². The first-order valence-electron chi connectivity index (χ1n) is 6.36. The van der Waals surface area contributed by atoms with Gasteiger partial charge < -0.3 is 10.5 Å². The molecule has 0 unspecified atom stereocenters. The Morgan fingerprint density at radius 1 is 1.24 bits per heavy atom. The molecule has 2 aromatic rings. The van der Waals surface area contributed by atoms with Crippen molar-refractivity contribution >= 4 is 15.8 Å². The molecule has 0 aliphatic carbocycles. The largest absolute Gasteiger partial charge is 0.496 e. The van der Waals surface area contributed by atoms with Crippen LogP contribution in [-0.2, 0) is 16.4 Å². The maximum atomic E-state index is 12.1. The van der Waals surface area contributed by atoms with Gasteiger partial charge in [-0.1, -0.05) is 18.2 Å². The van der Waals surface area contributed by atoms with Gasteiger partial charge >= 0.3 is 0 Å². The van der Waals surface area contributed by atoms with Crippen molar-refractivity contribution < 1.29 is 13.2 Å². The zero-order valence-corrected chi connectivity index (χ0v) is 12.4. The number of benzene rings is 1. The number of nitrogens with two attached hydrogens (primary N) is 1. The highest BCUT2D eigenvalue weighted by Crippen LogP contribution is 2.18. The van der Waals surface area contributed by atoms with Crippen LogP contribution >= 0.6 is 0 Å². The van der Waals surface area contributed by atoms with Crippen molar-refractivity contribution in [3.63, 3.8) is 0 Å². The molecule has 1 aromatic heterocycles. The standard InChI is InChI=1S/C14H17N3O3S/c1-20-12-6-3-2-5-11(12)8-10-17-21(18,19)13-7-4-9-16-14(13)15/h2-7,9,17H,8,10H2,1H3,(H2,15,16). The Bertz CT molecular complexity index is 717. The molecule has 7 heteroatoms. The topological polar surface area (TPSA) is 94.3 Å². The first kappa shape index (κ1) is 15.3. The van der Waals surface area contributed by atoms with Crippen LogP contribution in [0.15, 0.2) is 47.5 Å². The van der Waals surface area contributed by atoms with Gasteiger partial charge in [0.1, 0.15) is 16.5 Å². The van der Waals surface area contributed by atoms with E-state index in [0.29, 0.717) is 6.42 Å².